The van der Waals surface area contributed by atoms with Crippen LogP contribution in [0.2, 0.25) is 5.02 Å². The van der Waals surface area contributed by atoms with E-state index < -0.39 is 23.8 Å². The van der Waals surface area contributed by atoms with Crippen LogP contribution < -0.4 is 5.32 Å². The number of furan rings is 1. The summed E-state index contributed by atoms with van der Waals surface area (Å²) in [6.07, 6.45) is 0.303. The quantitative estimate of drug-likeness (QED) is 0.873. The van der Waals surface area contributed by atoms with Crippen LogP contribution in [0.25, 0.3) is 0 Å². The number of benzene rings is 1. The molecule has 2 aromatic rings. The Morgan fingerprint density at radius 3 is 2.68 bits per heavy atom. The summed E-state index contributed by atoms with van der Waals surface area (Å²) in [5, 5.41) is 2.52. The second-order valence-electron chi connectivity index (χ2n) is 4.55. The van der Waals surface area contributed by atoms with Gasteiger partial charge in [-0.25, -0.2) is 9.18 Å². The van der Waals surface area contributed by atoms with Crippen LogP contribution in [0, 0.1) is 12.7 Å². The van der Waals surface area contributed by atoms with Gasteiger partial charge in [0.05, 0.1) is 17.0 Å². The lowest BCUT2D eigenvalue weighted by Crippen LogP contribution is -2.30. The fourth-order valence-corrected chi connectivity index (χ4v) is 1.91. The molecule has 0 saturated heterocycles. The van der Waals surface area contributed by atoms with Crippen LogP contribution in [-0.4, -0.2) is 18.0 Å². The number of carbonyl (C=O) groups excluding carboxylic acids is 2. The van der Waals surface area contributed by atoms with Crippen LogP contribution in [-0.2, 0) is 9.53 Å². The van der Waals surface area contributed by atoms with Crippen molar-refractivity contribution in [3.8, 4) is 0 Å². The van der Waals surface area contributed by atoms with Crippen LogP contribution in [0.1, 0.15) is 23.0 Å². The van der Waals surface area contributed by atoms with Crippen molar-refractivity contribution in [3.63, 3.8) is 0 Å². The first-order valence-electron chi connectivity index (χ1n) is 6.39. The molecule has 0 aliphatic heterocycles. The average Bonchev–Trinajstić information content (AvgIpc) is 2.88. The smallest absolute Gasteiger partial charge is 0.342 e. The van der Waals surface area contributed by atoms with Crippen LogP contribution in [0.15, 0.2) is 34.9 Å². The predicted molar refractivity (Wildman–Crippen MR) is 78.4 cm³/mol. The summed E-state index contributed by atoms with van der Waals surface area (Å²) < 4.78 is 23.0. The fourth-order valence-electron chi connectivity index (χ4n) is 1.70. The number of halogens is 2. The molecule has 0 aliphatic rings. The Hall–Kier alpha value is -2.34. The Kier molecular flexibility index (Phi) is 4.82. The van der Waals surface area contributed by atoms with Crippen LogP contribution >= 0.6 is 11.6 Å². The number of nitrogens with one attached hydrogen (secondary N) is 1. The summed E-state index contributed by atoms with van der Waals surface area (Å²) in [7, 11) is 0. The van der Waals surface area contributed by atoms with Gasteiger partial charge in [-0.15, -0.1) is 0 Å². The Bertz CT molecular complexity index is 713. The van der Waals surface area contributed by atoms with Crippen molar-refractivity contribution < 1.29 is 23.1 Å². The van der Waals surface area contributed by atoms with E-state index in [1.807, 2.05) is 0 Å². The van der Waals surface area contributed by atoms with Crippen molar-refractivity contribution in [2.75, 3.05) is 5.32 Å². The van der Waals surface area contributed by atoms with Crippen LogP contribution in [0.5, 0.6) is 0 Å². The van der Waals surface area contributed by atoms with Gasteiger partial charge in [-0.1, -0.05) is 11.6 Å². The van der Waals surface area contributed by atoms with Crippen LogP contribution in [0.3, 0.4) is 0 Å². The highest BCUT2D eigenvalue weighted by Gasteiger charge is 2.21. The highest BCUT2D eigenvalue weighted by atomic mass is 35.5. The molecule has 116 valence electrons. The maximum atomic E-state index is 12.9. The molecule has 0 aliphatic carbocycles. The van der Waals surface area contributed by atoms with E-state index in [0.717, 1.165) is 12.1 Å². The van der Waals surface area contributed by atoms with Gasteiger partial charge in [0.2, 0.25) is 0 Å². The summed E-state index contributed by atoms with van der Waals surface area (Å²) in [6, 6.07) is 5.01. The standard InChI is InChI=1S/C15H13ClFNO4/c1-8-11(5-6-21-8)15(20)22-9(2)14(19)18-13-4-3-10(17)7-12(13)16/h3-7,9H,1-2H3,(H,18,19)/t9-/m0/s1. The zero-order chi connectivity index (χ0) is 16.3. The van der Waals surface area contributed by atoms with E-state index in [4.69, 9.17) is 20.8 Å². The second-order valence-corrected chi connectivity index (χ2v) is 4.96. The van der Waals surface area contributed by atoms with E-state index in [1.165, 1.54) is 25.3 Å². The van der Waals surface area contributed by atoms with E-state index >= 15 is 0 Å². The Labute approximate surface area is 131 Å². The highest BCUT2D eigenvalue weighted by Crippen LogP contribution is 2.22. The van der Waals surface area contributed by atoms with E-state index in [1.54, 1.807) is 6.92 Å². The average molecular weight is 326 g/mol. The highest BCUT2D eigenvalue weighted by molar-refractivity contribution is 6.33. The van der Waals surface area contributed by atoms with Gasteiger partial charge >= 0.3 is 5.97 Å². The van der Waals surface area contributed by atoms with Crippen molar-refractivity contribution >= 4 is 29.2 Å². The largest absolute Gasteiger partial charge is 0.469 e. The zero-order valence-electron chi connectivity index (χ0n) is 11.9. The molecule has 1 atom stereocenters. The van der Waals surface area contributed by atoms with Gasteiger partial charge in [0.1, 0.15) is 17.1 Å². The van der Waals surface area contributed by atoms with Gasteiger partial charge in [-0.2, -0.15) is 0 Å². The molecule has 1 amide bonds. The summed E-state index contributed by atoms with van der Waals surface area (Å²) >= 11 is 5.81. The minimum absolute atomic E-state index is 0.0533. The van der Waals surface area contributed by atoms with Gasteiger partial charge in [0.15, 0.2) is 6.10 Å². The summed E-state index contributed by atoms with van der Waals surface area (Å²) in [6.45, 7) is 3.03. The maximum Gasteiger partial charge on any atom is 0.342 e. The zero-order valence-corrected chi connectivity index (χ0v) is 12.6. The molecule has 0 saturated carbocycles. The van der Waals surface area contributed by atoms with E-state index in [-0.39, 0.29) is 16.3 Å². The minimum atomic E-state index is -1.05. The SMILES string of the molecule is Cc1occc1C(=O)O[C@@H](C)C(=O)Nc1ccc(F)cc1Cl. The predicted octanol–water partition coefficient (Wildman–Crippen LogP) is 3.56. The normalized spacial score (nSPS) is 11.8. The molecule has 0 fully saturated rings. The summed E-state index contributed by atoms with van der Waals surface area (Å²) in [5.74, 6) is -1.36. The van der Waals surface area contributed by atoms with Crippen molar-refractivity contribution in [1.82, 2.24) is 0 Å². The van der Waals surface area contributed by atoms with Gasteiger partial charge in [0, 0.05) is 0 Å². The topological polar surface area (TPSA) is 68.5 Å². The third-order valence-electron chi connectivity index (χ3n) is 2.92. The molecule has 1 aromatic carbocycles. The maximum absolute atomic E-state index is 12.9. The van der Waals surface area contributed by atoms with Crippen molar-refractivity contribution in [3.05, 3.63) is 52.7 Å². The Morgan fingerprint density at radius 1 is 1.36 bits per heavy atom. The molecule has 7 heteroatoms. The summed E-state index contributed by atoms with van der Waals surface area (Å²) in [4.78, 5) is 23.8. The van der Waals surface area contributed by atoms with Crippen molar-refractivity contribution in [2.45, 2.75) is 20.0 Å². The van der Waals surface area contributed by atoms with Crippen molar-refractivity contribution in [2.24, 2.45) is 0 Å². The second kappa shape index (κ2) is 6.62. The number of hydrogen-bond acceptors (Lipinski definition) is 4. The lowest BCUT2D eigenvalue weighted by Gasteiger charge is -2.14. The number of carbonyl (C=O) groups is 2. The number of rotatable bonds is 4. The monoisotopic (exact) mass is 325 g/mol. The van der Waals surface area contributed by atoms with Gasteiger partial charge in [-0.05, 0) is 38.1 Å². The first-order chi connectivity index (χ1) is 10.4. The molecule has 2 rings (SSSR count). The molecule has 5 nitrogen and oxygen atoms in total. The number of ether oxygens (including phenoxy) is 1. The first kappa shape index (κ1) is 16.0. The molecule has 1 aromatic heterocycles. The molecular weight excluding hydrogens is 313 g/mol. The van der Waals surface area contributed by atoms with Gasteiger partial charge < -0.3 is 14.5 Å². The van der Waals surface area contributed by atoms with Crippen molar-refractivity contribution in [1.29, 1.82) is 0 Å². The number of anilines is 1. The molecule has 0 unspecified atom stereocenters. The van der Waals surface area contributed by atoms with E-state index in [9.17, 15) is 14.0 Å². The lowest BCUT2D eigenvalue weighted by molar-refractivity contribution is -0.123. The third kappa shape index (κ3) is 3.65. The first-order valence-corrected chi connectivity index (χ1v) is 6.77. The van der Waals surface area contributed by atoms with Gasteiger partial charge in [0.25, 0.3) is 5.91 Å². The third-order valence-corrected chi connectivity index (χ3v) is 3.23. The van der Waals surface area contributed by atoms with E-state index in [2.05, 4.69) is 5.32 Å². The molecule has 0 spiro atoms. The minimum Gasteiger partial charge on any atom is -0.469 e. The van der Waals surface area contributed by atoms with E-state index in [0.29, 0.717) is 5.76 Å². The molecule has 0 radical (unpaired) electrons. The summed E-state index contributed by atoms with van der Waals surface area (Å²) in [5.41, 5.74) is 0.481. The molecule has 0 bridgehead atoms. The fraction of sp³-hybridized carbons (Fsp3) is 0.200. The molecular formula is C15H13ClFNO4. The molecule has 1 N–H and O–H groups in total. The number of amides is 1. The molecule has 22 heavy (non-hydrogen) atoms. The Balaban J connectivity index is 2.00. The lowest BCUT2D eigenvalue weighted by atomic mass is 10.2. The van der Waals surface area contributed by atoms with Gasteiger partial charge in [-0.3, -0.25) is 4.79 Å². The number of esters is 1. The molecule has 1 heterocycles. The van der Waals surface area contributed by atoms with Crippen LogP contribution in [0.4, 0.5) is 10.1 Å². The number of aryl methyl sites for hydroxylation is 1. The Morgan fingerprint density at radius 2 is 2.09 bits per heavy atom. The number of hydrogen-bond donors (Lipinski definition) is 1.